The molecule has 3 nitrogen and oxygen atoms in total. The number of furan rings is 1. The van der Waals surface area contributed by atoms with Crippen molar-refractivity contribution in [3.8, 4) is 11.3 Å². The van der Waals surface area contributed by atoms with Gasteiger partial charge in [-0.3, -0.25) is 0 Å². The number of nitrogens with zero attached hydrogens (tertiary/aromatic N) is 2. The summed E-state index contributed by atoms with van der Waals surface area (Å²) in [6.45, 7) is 2.36. The molecule has 190 valence electrons. The molecule has 3 heteroatoms. The molecule has 0 radical (unpaired) electrons. The number of benzene rings is 5. The van der Waals surface area contributed by atoms with E-state index in [0.29, 0.717) is 0 Å². The smallest absolute Gasteiger partial charge is 0.135 e. The Morgan fingerprint density at radius 3 is 2.10 bits per heavy atom. The first-order valence-electron chi connectivity index (χ1n) is 13.7. The van der Waals surface area contributed by atoms with Crippen LogP contribution in [0.15, 0.2) is 132 Å². The zero-order valence-electron chi connectivity index (χ0n) is 22.1. The van der Waals surface area contributed by atoms with Crippen LogP contribution in [0.25, 0.3) is 49.8 Å². The number of hydrogen-bond acceptors (Lipinski definition) is 3. The quantitative estimate of drug-likeness (QED) is 0.236. The van der Waals surface area contributed by atoms with E-state index >= 15 is 0 Å². The van der Waals surface area contributed by atoms with Crippen LogP contribution >= 0.6 is 0 Å². The van der Waals surface area contributed by atoms with Crippen molar-refractivity contribution in [2.45, 2.75) is 18.8 Å². The average molecular weight is 515 g/mol. The van der Waals surface area contributed by atoms with Gasteiger partial charge in [0.15, 0.2) is 0 Å². The molecule has 5 aromatic carbocycles. The fourth-order valence-corrected chi connectivity index (χ4v) is 6.42. The van der Waals surface area contributed by atoms with E-state index in [1.54, 1.807) is 0 Å². The van der Waals surface area contributed by atoms with Crippen molar-refractivity contribution in [3.05, 3.63) is 150 Å². The van der Waals surface area contributed by atoms with Crippen LogP contribution in [0.1, 0.15) is 35.7 Å². The van der Waals surface area contributed by atoms with Gasteiger partial charge in [0, 0.05) is 27.3 Å². The van der Waals surface area contributed by atoms with Crippen LogP contribution in [0.3, 0.4) is 0 Å². The molecule has 7 aromatic rings. The van der Waals surface area contributed by atoms with Crippen molar-refractivity contribution in [2.75, 3.05) is 0 Å². The lowest BCUT2D eigenvalue weighted by Gasteiger charge is -2.36. The van der Waals surface area contributed by atoms with E-state index in [9.17, 15) is 0 Å². The van der Waals surface area contributed by atoms with Crippen molar-refractivity contribution in [2.24, 2.45) is 0 Å². The summed E-state index contributed by atoms with van der Waals surface area (Å²) in [5, 5.41) is 2.36. The third-order valence-corrected chi connectivity index (χ3v) is 8.40. The minimum atomic E-state index is -0.247. The third-order valence-electron chi connectivity index (χ3n) is 8.40. The first-order chi connectivity index (χ1) is 19.7. The normalized spacial score (nSPS) is 16.8. The first-order valence-corrected chi connectivity index (χ1v) is 13.7. The summed E-state index contributed by atoms with van der Waals surface area (Å²) in [5.41, 5.74) is 11.2. The Balaban J connectivity index is 1.37. The molecule has 0 saturated heterocycles. The highest BCUT2D eigenvalue weighted by Gasteiger charge is 2.37. The number of hydrogen-bond donors (Lipinski definition) is 0. The molecule has 1 aliphatic rings. The Bertz CT molecular complexity index is 2100. The maximum atomic E-state index is 6.28. The van der Waals surface area contributed by atoms with E-state index in [0.717, 1.165) is 56.5 Å². The van der Waals surface area contributed by atoms with Gasteiger partial charge in [0.05, 0.1) is 22.4 Å². The molecule has 1 aliphatic carbocycles. The summed E-state index contributed by atoms with van der Waals surface area (Å²) in [4.78, 5) is 10.4. The molecule has 0 aliphatic heterocycles. The maximum Gasteiger partial charge on any atom is 0.135 e. The zero-order valence-corrected chi connectivity index (χ0v) is 22.1. The highest BCUT2D eigenvalue weighted by Crippen LogP contribution is 2.49. The van der Waals surface area contributed by atoms with E-state index < -0.39 is 0 Å². The molecule has 2 aromatic heterocycles. The lowest BCUT2D eigenvalue weighted by molar-refractivity contribution is 0.577. The second-order valence-corrected chi connectivity index (χ2v) is 10.8. The van der Waals surface area contributed by atoms with Gasteiger partial charge >= 0.3 is 0 Å². The predicted molar refractivity (Wildman–Crippen MR) is 163 cm³/mol. The van der Waals surface area contributed by atoms with Gasteiger partial charge in [0.1, 0.15) is 11.2 Å². The van der Waals surface area contributed by atoms with Crippen molar-refractivity contribution in [3.63, 3.8) is 0 Å². The van der Waals surface area contributed by atoms with Crippen molar-refractivity contribution in [1.29, 1.82) is 0 Å². The van der Waals surface area contributed by atoms with Crippen LogP contribution in [-0.4, -0.2) is 9.97 Å². The maximum absolute atomic E-state index is 6.28. The molecule has 1 atom stereocenters. The fourth-order valence-electron chi connectivity index (χ4n) is 6.42. The third kappa shape index (κ3) is 3.37. The molecule has 0 saturated carbocycles. The Kier molecular flexibility index (Phi) is 5.02. The summed E-state index contributed by atoms with van der Waals surface area (Å²) < 4.78 is 6.28. The minimum absolute atomic E-state index is 0.247. The molecular formula is C37H26N2O. The van der Waals surface area contributed by atoms with Gasteiger partial charge in [-0.05, 0) is 47.4 Å². The first kappa shape index (κ1) is 22.9. The lowest BCUT2D eigenvalue weighted by Crippen LogP contribution is -2.27. The molecule has 0 amide bonds. The van der Waals surface area contributed by atoms with E-state index in [1.165, 1.54) is 22.1 Å². The number of aromatic nitrogens is 2. The lowest BCUT2D eigenvalue weighted by atomic mass is 9.66. The standard InChI is InChI=1S/C37H26N2O/c1-37(29-17-11-21-33-34(29)27-15-6-10-20-32(27)40-33)23-22-26(25-14-5-7-16-28(25)37)36-35(24-12-3-2-4-13-24)38-30-18-8-9-19-31(30)39-36/h2-22H,23H2,1H3. The van der Waals surface area contributed by atoms with Crippen LogP contribution in [-0.2, 0) is 5.41 Å². The van der Waals surface area contributed by atoms with Gasteiger partial charge < -0.3 is 4.42 Å². The van der Waals surface area contributed by atoms with Crippen LogP contribution in [0.5, 0.6) is 0 Å². The SMILES string of the molecule is CC1(c2cccc3oc4ccccc4c23)CC=C(c2nc3ccccc3nc2-c2ccccc2)c2ccccc21. The van der Waals surface area contributed by atoms with Gasteiger partial charge in [0.25, 0.3) is 0 Å². The Hall–Kier alpha value is -5.02. The van der Waals surface area contributed by atoms with Crippen molar-refractivity contribution >= 4 is 38.5 Å². The summed E-state index contributed by atoms with van der Waals surface area (Å²) in [6, 6.07) is 42.1. The van der Waals surface area contributed by atoms with Crippen molar-refractivity contribution in [1.82, 2.24) is 9.97 Å². The number of allylic oxidation sites excluding steroid dienone is 1. The van der Waals surface area contributed by atoms with Gasteiger partial charge in [0.2, 0.25) is 0 Å². The van der Waals surface area contributed by atoms with Crippen LogP contribution in [0.2, 0.25) is 0 Å². The Labute approximate surface area is 232 Å². The Morgan fingerprint density at radius 1 is 0.600 bits per heavy atom. The van der Waals surface area contributed by atoms with Crippen LogP contribution in [0, 0.1) is 0 Å². The van der Waals surface area contributed by atoms with E-state index in [4.69, 9.17) is 14.4 Å². The highest BCUT2D eigenvalue weighted by atomic mass is 16.3. The fraction of sp³-hybridized carbons (Fsp3) is 0.0811. The Morgan fingerprint density at radius 2 is 1.25 bits per heavy atom. The number of rotatable bonds is 3. The highest BCUT2D eigenvalue weighted by molar-refractivity contribution is 6.07. The van der Waals surface area contributed by atoms with Gasteiger partial charge in [-0.25, -0.2) is 9.97 Å². The van der Waals surface area contributed by atoms with Gasteiger partial charge in [-0.2, -0.15) is 0 Å². The summed E-state index contributed by atoms with van der Waals surface area (Å²) >= 11 is 0. The van der Waals surface area contributed by atoms with E-state index in [1.807, 2.05) is 36.4 Å². The predicted octanol–water partition coefficient (Wildman–Crippen LogP) is 9.34. The number of para-hydroxylation sites is 3. The molecule has 8 rings (SSSR count). The van der Waals surface area contributed by atoms with Gasteiger partial charge in [-0.1, -0.05) is 110 Å². The molecule has 0 spiro atoms. The molecule has 0 N–H and O–H groups in total. The van der Waals surface area contributed by atoms with E-state index in [2.05, 4.69) is 97.9 Å². The number of fused-ring (bicyclic) bond motifs is 5. The second kappa shape index (κ2) is 8.75. The second-order valence-electron chi connectivity index (χ2n) is 10.8. The largest absolute Gasteiger partial charge is 0.456 e. The topological polar surface area (TPSA) is 38.9 Å². The summed E-state index contributed by atoms with van der Waals surface area (Å²) in [5.74, 6) is 0. The van der Waals surface area contributed by atoms with Crippen molar-refractivity contribution < 1.29 is 4.42 Å². The minimum Gasteiger partial charge on any atom is -0.456 e. The monoisotopic (exact) mass is 514 g/mol. The molecule has 0 fully saturated rings. The van der Waals surface area contributed by atoms with Crippen LogP contribution in [0.4, 0.5) is 0 Å². The van der Waals surface area contributed by atoms with Gasteiger partial charge in [-0.15, -0.1) is 0 Å². The van der Waals surface area contributed by atoms with E-state index in [-0.39, 0.29) is 5.41 Å². The molecule has 2 heterocycles. The van der Waals surface area contributed by atoms with Crippen LogP contribution < -0.4 is 0 Å². The molecule has 40 heavy (non-hydrogen) atoms. The molecular weight excluding hydrogens is 488 g/mol. The summed E-state index contributed by atoms with van der Waals surface area (Å²) in [7, 11) is 0. The zero-order chi connectivity index (χ0) is 26.7. The summed E-state index contributed by atoms with van der Waals surface area (Å²) in [6.07, 6.45) is 3.20. The molecule has 1 unspecified atom stereocenters. The average Bonchev–Trinajstić information content (AvgIpc) is 3.40. The molecule has 0 bridgehead atoms.